The quantitative estimate of drug-likeness (QED) is 0.274. The van der Waals surface area contributed by atoms with Crippen LogP contribution < -0.4 is 15.4 Å². The lowest BCUT2D eigenvalue weighted by Gasteiger charge is -2.32. The zero-order valence-corrected chi connectivity index (χ0v) is 23.5. The molecule has 1 fully saturated rings. The highest BCUT2D eigenvalue weighted by molar-refractivity contribution is 7.99. The van der Waals surface area contributed by atoms with Crippen LogP contribution in [0.1, 0.15) is 52.5 Å². The normalized spacial score (nSPS) is 16.1. The molecule has 10 heteroatoms. The average molecular weight is 538 g/mol. The lowest BCUT2D eigenvalue weighted by atomic mass is 9.99. The SMILES string of the molecule is CC(=O)OCC(=O)NCCCOc1cccc(CN2CCCC(CSCCNC(=O)OC(C)(C)C)C2)c1. The number of hydrogen-bond donors (Lipinski definition) is 2. The summed E-state index contributed by atoms with van der Waals surface area (Å²) in [5, 5.41) is 5.52. The molecule has 1 heterocycles. The van der Waals surface area contributed by atoms with Crippen molar-refractivity contribution in [3.05, 3.63) is 29.8 Å². The second-order valence-corrected chi connectivity index (χ2v) is 11.4. The van der Waals surface area contributed by atoms with Crippen LogP contribution in [0.5, 0.6) is 5.75 Å². The van der Waals surface area contributed by atoms with Crippen molar-refractivity contribution >= 4 is 29.7 Å². The fraction of sp³-hybridized carbons (Fsp3) is 0.667. The van der Waals surface area contributed by atoms with Crippen LogP contribution in [0.4, 0.5) is 4.79 Å². The van der Waals surface area contributed by atoms with E-state index in [0.717, 1.165) is 36.9 Å². The summed E-state index contributed by atoms with van der Waals surface area (Å²) in [5.74, 6) is 2.66. The maximum absolute atomic E-state index is 11.7. The molecule has 0 aliphatic carbocycles. The Kier molecular flexibility index (Phi) is 13.6. The van der Waals surface area contributed by atoms with E-state index in [9.17, 15) is 14.4 Å². The minimum atomic E-state index is -0.471. The van der Waals surface area contributed by atoms with Crippen LogP contribution in [0, 0.1) is 5.92 Å². The number of likely N-dealkylation sites (tertiary alicyclic amines) is 1. The highest BCUT2D eigenvalue weighted by atomic mass is 32.2. The number of alkyl carbamates (subject to hydrolysis) is 1. The van der Waals surface area contributed by atoms with Crippen molar-refractivity contribution in [3.63, 3.8) is 0 Å². The number of esters is 1. The van der Waals surface area contributed by atoms with E-state index < -0.39 is 11.6 Å². The van der Waals surface area contributed by atoms with Gasteiger partial charge in [0, 0.05) is 38.9 Å². The number of rotatable bonds is 14. The first-order valence-electron chi connectivity index (χ1n) is 13.0. The number of thioether (sulfide) groups is 1. The highest BCUT2D eigenvalue weighted by Crippen LogP contribution is 2.23. The van der Waals surface area contributed by atoms with Crippen molar-refractivity contribution in [2.24, 2.45) is 5.92 Å². The van der Waals surface area contributed by atoms with Gasteiger partial charge in [-0.15, -0.1) is 0 Å². The van der Waals surface area contributed by atoms with Crippen LogP contribution >= 0.6 is 11.8 Å². The van der Waals surface area contributed by atoms with Gasteiger partial charge in [-0.1, -0.05) is 12.1 Å². The number of carbonyl (C=O) groups is 3. The molecule has 1 aliphatic heterocycles. The van der Waals surface area contributed by atoms with E-state index in [-0.39, 0.29) is 18.6 Å². The van der Waals surface area contributed by atoms with Crippen molar-refractivity contribution in [3.8, 4) is 5.75 Å². The molecule has 2 amide bonds. The largest absolute Gasteiger partial charge is 0.494 e. The molecule has 1 aromatic carbocycles. The molecule has 208 valence electrons. The molecule has 1 aromatic rings. The molecular formula is C27H43N3O6S. The lowest BCUT2D eigenvalue weighted by molar-refractivity contribution is -0.146. The van der Waals surface area contributed by atoms with Gasteiger partial charge in [-0.2, -0.15) is 11.8 Å². The van der Waals surface area contributed by atoms with Crippen LogP contribution in [0.25, 0.3) is 0 Å². The molecule has 9 nitrogen and oxygen atoms in total. The average Bonchev–Trinajstić information content (AvgIpc) is 2.82. The van der Waals surface area contributed by atoms with Gasteiger partial charge in [-0.05, 0) is 75.9 Å². The Morgan fingerprint density at radius 2 is 1.97 bits per heavy atom. The van der Waals surface area contributed by atoms with Gasteiger partial charge < -0.3 is 24.8 Å². The number of hydrogen-bond acceptors (Lipinski definition) is 8. The third kappa shape index (κ3) is 14.8. The van der Waals surface area contributed by atoms with E-state index in [2.05, 4.69) is 32.4 Å². The fourth-order valence-electron chi connectivity index (χ4n) is 3.92. The molecule has 2 rings (SSSR count). The summed E-state index contributed by atoms with van der Waals surface area (Å²) in [6, 6.07) is 8.17. The predicted octanol–water partition coefficient (Wildman–Crippen LogP) is 3.60. The van der Waals surface area contributed by atoms with Crippen LogP contribution in [-0.2, 0) is 25.6 Å². The van der Waals surface area contributed by atoms with Gasteiger partial charge >= 0.3 is 12.1 Å². The Hall–Kier alpha value is -2.46. The number of amides is 2. The number of nitrogens with one attached hydrogen (secondary N) is 2. The lowest BCUT2D eigenvalue weighted by Crippen LogP contribution is -2.36. The predicted molar refractivity (Wildman–Crippen MR) is 146 cm³/mol. The van der Waals surface area contributed by atoms with Crippen molar-refractivity contribution < 1.29 is 28.6 Å². The van der Waals surface area contributed by atoms with Crippen LogP contribution in [0.2, 0.25) is 0 Å². The summed E-state index contributed by atoms with van der Waals surface area (Å²) in [6.45, 7) is 11.2. The monoisotopic (exact) mass is 537 g/mol. The highest BCUT2D eigenvalue weighted by Gasteiger charge is 2.20. The van der Waals surface area contributed by atoms with Crippen LogP contribution in [0.15, 0.2) is 24.3 Å². The van der Waals surface area contributed by atoms with Gasteiger partial charge in [-0.3, -0.25) is 14.5 Å². The molecule has 0 saturated carbocycles. The zero-order chi connectivity index (χ0) is 27.1. The van der Waals surface area contributed by atoms with E-state index in [0.29, 0.717) is 32.0 Å². The minimum absolute atomic E-state index is 0.250. The molecule has 0 aromatic heterocycles. The first-order chi connectivity index (χ1) is 17.6. The second kappa shape index (κ2) is 16.4. The van der Waals surface area contributed by atoms with Gasteiger partial charge in [0.15, 0.2) is 6.61 Å². The molecule has 37 heavy (non-hydrogen) atoms. The summed E-state index contributed by atoms with van der Waals surface area (Å²) < 4.78 is 15.8. The van der Waals surface area contributed by atoms with Crippen LogP contribution in [0.3, 0.4) is 0 Å². The van der Waals surface area contributed by atoms with E-state index in [1.807, 2.05) is 44.7 Å². The van der Waals surface area contributed by atoms with E-state index >= 15 is 0 Å². The molecule has 2 N–H and O–H groups in total. The van der Waals surface area contributed by atoms with Gasteiger partial charge in [0.25, 0.3) is 5.91 Å². The molecular weight excluding hydrogens is 494 g/mol. The Morgan fingerprint density at radius 1 is 1.16 bits per heavy atom. The summed E-state index contributed by atoms with van der Waals surface area (Å²) >= 11 is 1.88. The summed E-state index contributed by atoms with van der Waals surface area (Å²) in [7, 11) is 0. The Morgan fingerprint density at radius 3 is 2.73 bits per heavy atom. The molecule has 0 radical (unpaired) electrons. The molecule has 0 spiro atoms. The van der Waals surface area contributed by atoms with Crippen LogP contribution in [-0.4, -0.2) is 79.4 Å². The maximum Gasteiger partial charge on any atom is 0.407 e. The number of ether oxygens (including phenoxy) is 3. The van der Waals surface area contributed by atoms with Crippen molar-refractivity contribution in [2.75, 3.05) is 50.9 Å². The maximum atomic E-state index is 11.7. The number of piperidine rings is 1. The second-order valence-electron chi connectivity index (χ2n) is 10.2. The molecule has 1 atom stereocenters. The van der Waals surface area contributed by atoms with Crippen molar-refractivity contribution in [1.29, 1.82) is 0 Å². The van der Waals surface area contributed by atoms with Crippen molar-refractivity contribution in [1.82, 2.24) is 15.5 Å². The molecule has 1 aliphatic rings. The van der Waals surface area contributed by atoms with Gasteiger partial charge in [0.05, 0.1) is 6.61 Å². The molecule has 1 unspecified atom stereocenters. The summed E-state index contributed by atoms with van der Waals surface area (Å²) in [4.78, 5) is 36.5. The standard InChI is InChI=1S/C27H43N3O6S/c1-21(31)35-19-25(32)28-11-7-14-34-24-10-5-8-22(16-24)17-30-13-6-9-23(18-30)20-37-15-12-29-26(33)36-27(2,3)4/h5,8,10,16,23H,6-7,9,11-15,17-20H2,1-4H3,(H,28,32)(H,29,33). The van der Waals surface area contributed by atoms with E-state index in [4.69, 9.17) is 9.47 Å². The topological polar surface area (TPSA) is 106 Å². The Labute approximate surface area is 225 Å². The number of benzene rings is 1. The summed E-state index contributed by atoms with van der Waals surface area (Å²) in [6.07, 6.45) is 2.74. The first-order valence-corrected chi connectivity index (χ1v) is 14.1. The zero-order valence-electron chi connectivity index (χ0n) is 22.7. The fourth-order valence-corrected chi connectivity index (χ4v) is 4.94. The number of nitrogens with zero attached hydrogens (tertiary/aromatic N) is 1. The van der Waals surface area contributed by atoms with E-state index in [1.165, 1.54) is 25.3 Å². The third-order valence-corrected chi connectivity index (χ3v) is 6.69. The molecule has 1 saturated heterocycles. The third-order valence-electron chi connectivity index (χ3n) is 5.49. The molecule has 0 bridgehead atoms. The van der Waals surface area contributed by atoms with Gasteiger partial charge in [0.2, 0.25) is 0 Å². The number of carbonyl (C=O) groups excluding carboxylic acids is 3. The minimum Gasteiger partial charge on any atom is -0.494 e. The smallest absolute Gasteiger partial charge is 0.407 e. The Balaban J connectivity index is 1.62. The Bertz CT molecular complexity index is 861. The van der Waals surface area contributed by atoms with Gasteiger partial charge in [0.1, 0.15) is 11.4 Å². The van der Waals surface area contributed by atoms with Crippen molar-refractivity contribution in [2.45, 2.75) is 59.1 Å². The summed E-state index contributed by atoms with van der Waals surface area (Å²) in [5.41, 5.74) is 0.754. The first kappa shape index (κ1) is 30.8. The van der Waals surface area contributed by atoms with Gasteiger partial charge in [-0.25, -0.2) is 4.79 Å². The van der Waals surface area contributed by atoms with E-state index in [1.54, 1.807) is 0 Å².